The number of hydrogen-bond acceptors (Lipinski definition) is 3. The van der Waals surface area contributed by atoms with Crippen LogP contribution >= 0.6 is 10.7 Å². The van der Waals surface area contributed by atoms with Gasteiger partial charge in [0.05, 0.1) is 0 Å². The van der Waals surface area contributed by atoms with Crippen molar-refractivity contribution in [3.63, 3.8) is 0 Å². The molecule has 0 spiro atoms. The molecule has 0 fully saturated rings. The van der Waals surface area contributed by atoms with E-state index < -0.39 is 9.24 Å². The van der Waals surface area contributed by atoms with Gasteiger partial charge >= 0.3 is 17.3 Å². The number of rotatable bonds is 2. The maximum atomic E-state index is 9.88. The van der Waals surface area contributed by atoms with Crippen LogP contribution in [0.4, 0.5) is 0 Å². The van der Waals surface area contributed by atoms with Gasteiger partial charge < -0.3 is 4.65 Å². The summed E-state index contributed by atoms with van der Waals surface area (Å²) in [5, 5.41) is 0. The highest BCUT2D eigenvalue weighted by atomic mass is 35.7. The first-order chi connectivity index (χ1) is 3.56. The van der Waals surface area contributed by atoms with E-state index in [4.69, 9.17) is 0 Å². The summed E-state index contributed by atoms with van der Waals surface area (Å²) in [5.74, 6) is 0. The molecule has 7 heteroatoms. The van der Waals surface area contributed by atoms with Crippen LogP contribution in [0.25, 0.3) is 0 Å². The zero-order chi connectivity index (χ0) is 6.62. The van der Waals surface area contributed by atoms with Gasteiger partial charge in [-0.3, -0.25) is 0 Å². The van der Waals surface area contributed by atoms with Crippen LogP contribution in [-0.4, -0.2) is 22.9 Å². The predicted octanol–water partition coefficient (Wildman–Crippen LogP) is -0.937. The molecule has 0 aromatic heterocycles. The van der Waals surface area contributed by atoms with Gasteiger partial charge in [0.2, 0.25) is 0 Å². The average molecular weight is 155 g/mol. The molecule has 0 aliphatic heterocycles. The molecule has 8 heavy (non-hydrogen) atoms. The third-order valence-electron chi connectivity index (χ3n) is 0.274. The fourth-order valence-electron chi connectivity index (χ4n) is 0.0944. The van der Waals surface area contributed by atoms with Crippen LogP contribution in [0.1, 0.15) is 0 Å². The van der Waals surface area contributed by atoms with Gasteiger partial charge in [0, 0.05) is 10.7 Å². The van der Waals surface area contributed by atoms with Crippen molar-refractivity contribution in [1.82, 2.24) is 0 Å². The third-order valence-corrected chi connectivity index (χ3v) is 0.851. The Morgan fingerprint density at radius 2 is 2.25 bits per heavy atom. The molecule has 0 radical (unpaired) electrons. The van der Waals surface area contributed by atoms with Crippen molar-refractivity contribution in [3.8, 4) is 0 Å². The molecule has 0 aromatic rings. The second-order valence-corrected chi connectivity index (χ2v) is 3.06. The van der Waals surface area contributed by atoms with Crippen molar-refractivity contribution in [2.45, 2.75) is 0 Å². The highest BCUT2D eigenvalue weighted by Gasteiger charge is 1.94. The fourth-order valence-corrected chi connectivity index (χ4v) is 0.381. The predicted molar refractivity (Wildman–Crippen MR) is 32.9 cm³/mol. The smallest absolute Gasteiger partial charge is 0.342 e. The average Bonchev–Trinajstić information content (AvgIpc) is 1.59. The Labute approximate surface area is 52.5 Å². The number of halogens is 1. The van der Waals surface area contributed by atoms with E-state index in [2.05, 4.69) is 19.7 Å². The summed E-state index contributed by atoms with van der Waals surface area (Å²) < 4.78 is 26.7. The molecule has 46 valence electrons. The van der Waals surface area contributed by atoms with E-state index in [0.29, 0.717) is 0 Å². The Morgan fingerprint density at radius 3 is 2.38 bits per heavy atom. The maximum Gasteiger partial charge on any atom is 0.342 e. The van der Waals surface area contributed by atoms with E-state index >= 15 is 0 Å². The Kier molecular flexibility index (Phi) is 2.85. The van der Waals surface area contributed by atoms with E-state index in [0.717, 1.165) is 6.40 Å². The Morgan fingerprint density at radius 1 is 1.75 bits per heavy atom. The Hall–Kier alpha value is -0.225. The SMILES string of the molecule is BOC=NS(=O)(=O)Cl. The zero-order valence-corrected chi connectivity index (χ0v) is 5.61. The fraction of sp³-hybridized carbons (Fsp3) is 0. The monoisotopic (exact) mass is 155 g/mol. The minimum atomic E-state index is -3.77. The zero-order valence-electron chi connectivity index (χ0n) is 4.04. The Balaban J connectivity index is 3.92. The summed E-state index contributed by atoms with van der Waals surface area (Å²) in [6.45, 7) is 0. The molecule has 0 saturated carbocycles. The van der Waals surface area contributed by atoms with Crippen molar-refractivity contribution in [1.29, 1.82) is 0 Å². The van der Waals surface area contributed by atoms with E-state index in [-0.39, 0.29) is 0 Å². The largest absolute Gasteiger partial charge is 0.560 e. The van der Waals surface area contributed by atoms with Gasteiger partial charge in [-0.25, -0.2) is 0 Å². The molecule has 0 aromatic carbocycles. The maximum absolute atomic E-state index is 9.88. The molecule has 0 rings (SSSR count). The number of hydrogen-bond donors (Lipinski definition) is 0. The first kappa shape index (κ1) is 7.77. The van der Waals surface area contributed by atoms with Crippen LogP contribution in [0.2, 0.25) is 0 Å². The van der Waals surface area contributed by atoms with Gasteiger partial charge in [0.1, 0.15) is 0 Å². The first-order valence-electron chi connectivity index (χ1n) is 1.57. The lowest BCUT2D eigenvalue weighted by molar-refractivity contribution is 0.606. The van der Waals surface area contributed by atoms with Crippen LogP contribution in [0.15, 0.2) is 4.40 Å². The molecule has 0 atom stereocenters. The lowest BCUT2D eigenvalue weighted by Crippen LogP contribution is -1.85. The van der Waals surface area contributed by atoms with Crippen LogP contribution in [0.5, 0.6) is 0 Å². The van der Waals surface area contributed by atoms with Crippen molar-refractivity contribution in [2.75, 3.05) is 0 Å². The second kappa shape index (κ2) is 2.93. The van der Waals surface area contributed by atoms with Gasteiger partial charge in [0.25, 0.3) is 0 Å². The summed E-state index contributed by atoms with van der Waals surface area (Å²) in [5.41, 5.74) is 0. The van der Waals surface area contributed by atoms with Crippen LogP contribution in [0, 0.1) is 0 Å². The van der Waals surface area contributed by atoms with Crippen molar-refractivity contribution in [3.05, 3.63) is 0 Å². The minimum absolute atomic E-state index is 0.738. The van der Waals surface area contributed by atoms with Crippen molar-refractivity contribution >= 4 is 34.4 Å². The quantitative estimate of drug-likeness (QED) is 0.224. The molecular weight excluding hydrogens is 152 g/mol. The molecule has 0 N–H and O–H groups in total. The van der Waals surface area contributed by atoms with Crippen LogP contribution in [0.3, 0.4) is 0 Å². The molecule has 0 aliphatic carbocycles. The van der Waals surface area contributed by atoms with Gasteiger partial charge in [0.15, 0.2) is 6.40 Å². The lowest BCUT2D eigenvalue weighted by Gasteiger charge is -1.81. The van der Waals surface area contributed by atoms with Gasteiger partial charge in [-0.15, -0.1) is 4.40 Å². The summed E-state index contributed by atoms with van der Waals surface area (Å²) in [6.07, 6.45) is 0.738. The summed E-state index contributed by atoms with van der Waals surface area (Å²) >= 11 is 0. The molecule has 0 amide bonds. The van der Waals surface area contributed by atoms with Crippen LogP contribution < -0.4 is 0 Å². The second-order valence-electron chi connectivity index (χ2n) is 0.859. The molecule has 0 bridgehead atoms. The molecule has 0 unspecified atom stereocenters. The molecular formula is CH3BClNO3S. The van der Waals surface area contributed by atoms with E-state index in [1.54, 1.807) is 0 Å². The molecule has 0 heterocycles. The van der Waals surface area contributed by atoms with Crippen molar-refractivity contribution < 1.29 is 13.1 Å². The topological polar surface area (TPSA) is 55.7 Å². The van der Waals surface area contributed by atoms with Crippen LogP contribution in [-0.2, 0) is 13.9 Å². The lowest BCUT2D eigenvalue weighted by atomic mass is 10.6. The van der Waals surface area contributed by atoms with E-state index in [1.165, 1.54) is 8.05 Å². The van der Waals surface area contributed by atoms with E-state index in [1.807, 2.05) is 0 Å². The first-order valence-corrected chi connectivity index (χ1v) is 3.84. The van der Waals surface area contributed by atoms with Gasteiger partial charge in [-0.2, -0.15) is 8.42 Å². The number of nitrogens with zero attached hydrogens (tertiary/aromatic N) is 1. The van der Waals surface area contributed by atoms with Gasteiger partial charge in [-0.1, -0.05) is 0 Å². The summed E-state index contributed by atoms with van der Waals surface area (Å²) in [6, 6.07) is 0. The highest BCUT2D eigenvalue weighted by Crippen LogP contribution is 1.94. The highest BCUT2D eigenvalue weighted by molar-refractivity contribution is 8.12. The summed E-state index contributed by atoms with van der Waals surface area (Å²) in [4.78, 5) is 0. The molecule has 0 aliphatic rings. The third kappa shape index (κ3) is 5.77. The normalized spacial score (nSPS) is 12.1. The minimum Gasteiger partial charge on any atom is -0.560 e. The summed E-state index contributed by atoms with van der Waals surface area (Å²) in [7, 11) is 2.11. The molecule has 0 saturated heterocycles. The standard InChI is InChI=1S/CH3BClNO3S/c2-7-1-4-8(3,5)6/h1H,2H2. The molecule has 4 nitrogen and oxygen atoms in total. The van der Waals surface area contributed by atoms with Crippen molar-refractivity contribution in [2.24, 2.45) is 4.40 Å². The Bertz CT molecular complexity index is 174. The van der Waals surface area contributed by atoms with E-state index in [9.17, 15) is 8.42 Å². The van der Waals surface area contributed by atoms with Gasteiger partial charge in [-0.05, 0) is 0 Å².